The number of rotatable bonds is 2. The van der Waals surface area contributed by atoms with Crippen LogP contribution in [-0.4, -0.2) is 49.0 Å². The zero-order valence-corrected chi connectivity index (χ0v) is 9.95. The van der Waals surface area contributed by atoms with Crippen molar-refractivity contribution < 1.29 is 44.7 Å². The molecule has 0 unspecified atom stereocenters. The predicted molar refractivity (Wildman–Crippen MR) is 63.6 cm³/mol. The molecule has 0 spiro atoms. The third-order valence-corrected chi connectivity index (χ3v) is 2.85. The van der Waals surface area contributed by atoms with Crippen LogP contribution in [0.15, 0.2) is 6.08 Å². The molecule has 0 saturated heterocycles. The van der Waals surface area contributed by atoms with Crippen LogP contribution in [0.3, 0.4) is 0 Å². The number of carbonyl (C=O) groups excluding carboxylic acids is 2. The molecular formula is C12H6O9. The molecule has 1 aromatic carbocycles. The van der Waals surface area contributed by atoms with Crippen molar-refractivity contribution in [3.8, 4) is 11.5 Å². The van der Waals surface area contributed by atoms with E-state index in [1.165, 1.54) is 0 Å². The number of aromatic carboxylic acids is 2. The molecule has 9 heteroatoms. The molecule has 21 heavy (non-hydrogen) atoms. The second-order valence-corrected chi connectivity index (χ2v) is 4.03. The molecule has 0 aromatic heterocycles. The Labute approximate surface area is 115 Å². The molecule has 0 amide bonds. The highest BCUT2D eigenvalue weighted by molar-refractivity contribution is 6.51. The van der Waals surface area contributed by atoms with E-state index in [0.29, 0.717) is 6.08 Å². The first kappa shape index (κ1) is 14.1. The molecule has 9 nitrogen and oxygen atoms in total. The molecular weight excluding hydrogens is 288 g/mol. The molecule has 1 aliphatic carbocycles. The molecule has 1 aliphatic rings. The third-order valence-electron chi connectivity index (χ3n) is 2.85. The number of carboxylic acid groups (broad SMARTS) is 2. The van der Waals surface area contributed by atoms with Gasteiger partial charge < -0.3 is 25.5 Å². The van der Waals surface area contributed by atoms with Crippen molar-refractivity contribution in [2.45, 2.75) is 0 Å². The third kappa shape index (κ3) is 1.79. The number of allylic oxidation sites excluding steroid dienone is 1. The van der Waals surface area contributed by atoms with E-state index in [4.69, 9.17) is 10.2 Å². The number of phenols is 2. The number of carboxylic acids is 2. The highest BCUT2D eigenvalue weighted by Gasteiger charge is 2.38. The maximum atomic E-state index is 11.7. The van der Waals surface area contributed by atoms with E-state index in [2.05, 4.69) is 0 Å². The lowest BCUT2D eigenvalue weighted by molar-refractivity contribution is -0.111. The quantitative estimate of drug-likeness (QED) is 0.376. The number of hydrogen-bond acceptors (Lipinski definition) is 7. The van der Waals surface area contributed by atoms with E-state index in [0.717, 1.165) is 0 Å². The second kappa shape index (κ2) is 4.34. The Morgan fingerprint density at radius 3 is 1.67 bits per heavy atom. The number of ketones is 2. The summed E-state index contributed by atoms with van der Waals surface area (Å²) in [5, 5.41) is 47.0. The van der Waals surface area contributed by atoms with Gasteiger partial charge in [0.15, 0.2) is 0 Å². The van der Waals surface area contributed by atoms with Crippen LogP contribution in [0.2, 0.25) is 0 Å². The van der Waals surface area contributed by atoms with Gasteiger partial charge >= 0.3 is 11.9 Å². The van der Waals surface area contributed by atoms with E-state index in [-0.39, 0.29) is 0 Å². The summed E-state index contributed by atoms with van der Waals surface area (Å²) in [4.78, 5) is 45.1. The highest BCUT2D eigenvalue weighted by Crippen LogP contribution is 2.42. The summed E-state index contributed by atoms with van der Waals surface area (Å²) < 4.78 is 0. The number of aliphatic hydroxyl groups is 1. The highest BCUT2D eigenvalue weighted by atomic mass is 16.4. The molecule has 0 heterocycles. The normalized spacial score (nSPS) is 13.6. The first-order valence-corrected chi connectivity index (χ1v) is 5.26. The molecule has 5 N–H and O–H groups in total. The average molecular weight is 294 g/mol. The van der Waals surface area contributed by atoms with Crippen molar-refractivity contribution in [3.05, 3.63) is 28.3 Å². The smallest absolute Gasteiger partial charge is 0.340 e. The number of benzene rings is 1. The topological polar surface area (TPSA) is 169 Å². The molecule has 0 aliphatic heterocycles. The van der Waals surface area contributed by atoms with Crippen molar-refractivity contribution in [2.24, 2.45) is 0 Å². The van der Waals surface area contributed by atoms with E-state index in [1.807, 2.05) is 0 Å². The lowest BCUT2D eigenvalue weighted by atomic mass is 9.87. The van der Waals surface area contributed by atoms with Crippen molar-refractivity contribution >= 4 is 29.3 Å². The van der Waals surface area contributed by atoms with Gasteiger partial charge in [0, 0.05) is 6.08 Å². The summed E-state index contributed by atoms with van der Waals surface area (Å²) in [5.74, 6) is -9.98. The SMILES string of the molecule is O=C1C=C(O)c2c(O)c(C(=O)O)c(C(=O)O)c(O)c2C1=O. The van der Waals surface area contributed by atoms with Crippen LogP contribution in [0.25, 0.3) is 5.76 Å². The van der Waals surface area contributed by atoms with Crippen molar-refractivity contribution in [1.82, 2.24) is 0 Å². The molecule has 0 radical (unpaired) electrons. The Morgan fingerprint density at radius 1 is 0.810 bits per heavy atom. The van der Waals surface area contributed by atoms with Crippen LogP contribution in [0, 0.1) is 0 Å². The van der Waals surface area contributed by atoms with Gasteiger partial charge in [-0.2, -0.15) is 0 Å². The van der Waals surface area contributed by atoms with Crippen molar-refractivity contribution in [1.29, 1.82) is 0 Å². The van der Waals surface area contributed by atoms with Gasteiger partial charge in [-0.1, -0.05) is 0 Å². The molecule has 0 atom stereocenters. The predicted octanol–water partition coefficient (Wildman–Crippen LogP) is 0.158. The largest absolute Gasteiger partial charge is 0.507 e. The first-order valence-electron chi connectivity index (χ1n) is 5.26. The van der Waals surface area contributed by atoms with Gasteiger partial charge in [0.05, 0.1) is 11.1 Å². The number of Topliss-reactive ketones (excluding diaryl/α,β-unsaturated/α-hetero) is 1. The van der Waals surface area contributed by atoms with Gasteiger partial charge in [-0.05, 0) is 0 Å². The summed E-state index contributed by atoms with van der Waals surface area (Å²) in [5.41, 5.74) is -4.23. The first-order chi connectivity index (χ1) is 9.68. The van der Waals surface area contributed by atoms with Gasteiger partial charge in [-0.3, -0.25) is 9.59 Å². The summed E-state index contributed by atoms with van der Waals surface area (Å²) in [7, 11) is 0. The minimum atomic E-state index is -1.93. The zero-order valence-electron chi connectivity index (χ0n) is 9.95. The lowest BCUT2D eigenvalue weighted by Crippen LogP contribution is -2.22. The molecule has 0 bridgehead atoms. The minimum Gasteiger partial charge on any atom is -0.507 e. The lowest BCUT2D eigenvalue weighted by Gasteiger charge is -2.18. The van der Waals surface area contributed by atoms with Crippen LogP contribution < -0.4 is 0 Å². The molecule has 2 rings (SSSR count). The van der Waals surface area contributed by atoms with Crippen LogP contribution in [0.4, 0.5) is 0 Å². The Kier molecular flexibility index (Phi) is 2.90. The van der Waals surface area contributed by atoms with Gasteiger partial charge in [0.25, 0.3) is 0 Å². The summed E-state index contributed by atoms with van der Waals surface area (Å²) in [6, 6.07) is 0. The summed E-state index contributed by atoms with van der Waals surface area (Å²) >= 11 is 0. The summed E-state index contributed by atoms with van der Waals surface area (Å²) in [6.07, 6.45) is 0.426. The fourth-order valence-corrected chi connectivity index (χ4v) is 2.00. The fourth-order valence-electron chi connectivity index (χ4n) is 2.00. The molecule has 108 valence electrons. The standard InChI is InChI=1S/C12H6O9/c13-2-1-3(14)8(15)5-4(2)9(16)6(11(18)19)7(10(5)17)12(20)21/h1,13,16-17H,(H,18,19)(H,20,21). The van der Waals surface area contributed by atoms with Gasteiger partial charge in [0.1, 0.15) is 28.4 Å². The van der Waals surface area contributed by atoms with E-state index in [9.17, 15) is 34.5 Å². The van der Waals surface area contributed by atoms with Gasteiger partial charge in [-0.25, -0.2) is 9.59 Å². The van der Waals surface area contributed by atoms with Crippen molar-refractivity contribution in [3.63, 3.8) is 0 Å². The van der Waals surface area contributed by atoms with Crippen LogP contribution >= 0.6 is 0 Å². The number of aliphatic hydroxyl groups excluding tert-OH is 1. The zero-order chi connectivity index (χ0) is 16.1. The molecule has 1 aromatic rings. The second-order valence-electron chi connectivity index (χ2n) is 4.03. The van der Waals surface area contributed by atoms with Crippen LogP contribution in [0.1, 0.15) is 36.6 Å². The van der Waals surface area contributed by atoms with E-state index >= 15 is 0 Å². The Morgan fingerprint density at radius 2 is 1.24 bits per heavy atom. The molecule has 0 fully saturated rings. The summed E-state index contributed by atoms with van der Waals surface area (Å²) in [6.45, 7) is 0. The maximum absolute atomic E-state index is 11.7. The van der Waals surface area contributed by atoms with Crippen LogP contribution in [0.5, 0.6) is 11.5 Å². The fraction of sp³-hybridized carbons (Fsp3) is 0. The van der Waals surface area contributed by atoms with Gasteiger partial charge in [-0.15, -0.1) is 0 Å². The van der Waals surface area contributed by atoms with Gasteiger partial charge in [0.2, 0.25) is 11.6 Å². The number of hydrogen-bond donors (Lipinski definition) is 5. The Hall–Kier alpha value is -3.36. The molecule has 0 saturated carbocycles. The Bertz CT molecular complexity index is 770. The minimum absolute atomic E-state index is 0.426. The van der Waals surface area contributed by atoms with Crippen LogP contribution in [-0.2, 0) is 4.79 Å². The monoisotopic (exact) mass is 294 g/mol. The Balaban J connectivity index is 3.06. The number of fused-ring (bicyclic) bond motifs is 1. The van der Waals surface area contributed by atoms with Crippen molar-refractivity contribution in [2.75, 3.05) is 0 Å². The average Bonchev–Trinajstić information content (AvgIpc) is 2.36. The van der Waals surface area contributed by atoms with E-state index < -0.39 is 63.0 Å². The number of aromatic hydroxyl groups is 2. The maximum Gasteiger partial charge on any atom is 0.340 e. The van der Waals surface area contributed by atoms with E-state index in [1.54, 1.807) is 0 Å². The number of carbonyl (C=O) groups is 4.